The zero-order chi connectivity index (χ0) is 17.5. The average Bonchev–Trinajstić information content (AvgIpc) is 3.14. The summed E-state index contributed by atoms with van der Waals surface area (Å²) >= 11 is 0. The van der Waals surface area contributed by atoms with Gasteiger partial charge in [0.15, 0.2) is 5.03 Å². The fourth-order valence-electron chi connectivity index (χ4n) is 3.74. The molecule has 2 amide bonds. The summed E-state index contributed by atoms with van der Waals surface area (Å²) < 4.78 is 28.7. The van der Waals surface area contributed by atoms with Crippen LogP contribution in [-0.2, 0) is 17.1 Å². The van der Waals surface area contributed by atoms with Crippen molar-refractivity contribution in [1.29, 1.82) is 0 Å². The Kier molecular flexibility index (Phi) is 4.33. The van der Waals surface area contributed by atoms with Crippen molar-refractivity contribution in [3.05, 3.63) is 12.5 Å². The minimum absolute atomic E-state index is 0.000100. The fraction of sp³-hybridized carbons (Fsp3) is 0.733. The van der Waals surface area contributed by atoms with Crippen LogP contribution in [0.15, 0.2) is 17.6 Å². The molecule has 0 bridgehead atoms. The Balaban J connectivity index is 1.75. The van der Waals surface area contributed by atoms with Crippen LogP contribution >= 0.6 is 0 Å². The van der Waals surface area contributed by atoms with E-state index >= 15 is 0 Å². The van der Waals surface area contributed by atoms with E-state index < -0.39 is 10.0 Å². The first-order valence-corrected chi connectivity index (χ1v) is 9.62. The van der Waals surface area contributed by atoms with E-state index in [1.807, 2.05) is 4.90 Å². The van der Waals surface area contributed by atoms with E-state index in [1.165, 1.54) is 16.8 Å². The number of sulfonamides is 1. The molecule has 2 saturated heterocycles. The number of amides is 2. The number of piperidine rings is 1. The second-order valence-corrected chi connectivity index (χ2v) is 9.05. The smallest absolute Gasteiger partial charge is 0.319 e. The summed E-state index contributed by atoms with van der Waals surface area (Å²) in [6.07, 6.45) is 5.69. The number of aromatic nitrogens is 2. The lowest BCUT2D eigenvalue weighted by Gasteiger charge is -2.41. The molecule has 2 aliphatic rings. The van der Waals surface area contributed by atoms with Crippen molar-refractivity contribution in [3.63, 3.8) is 0 Å². The van der Waals surface area contributed by atoms with Gasteiger partial charge in [-0.2, -0.15) is 4.31 Å². The van der Waals surface area contributed by atoms with Crippen LogP contribution < -0.4 is 0 Å². The van der Waals surface area contributed by atoms with Gasteiger partial charge in [0.05, 0.1) is 6.33 Å². The molecule has 0 saturated carbocycles. The molecule has 1 atom stereocenters. The first-order chi connectivity index (χ1) is 11.2. The highest BCUT2D eigenvalue weighted by molar-refractivity contribution is 7.89. The second kappa shape index (κ2) is 6.03. The maximum atomic E-state index is 12.8. The highest BCUT2D eigenvalue weighted by Crippen LogP contribution is 2.40. The second-order valence-electron chi connectivity index (χ2n) is 7.17. The van der Waals surface area contributed by atoms with E-state index in [0.717, 1.165) is 25.8 Å². The van der Waals surface area contributed by atoms with Crippen molar-refractivity contribution in [2.45, 2.75) is 24.3 Å². The number of hydrogen-bond donors (Lipinski definition) is 0. The van der Waals surface area contributed by atoms with E-state index in [-0.39, 0.29) is 16.5 Å². The first kappa shape index (κ1) is 17.2. The third kappa shape index (κ3) is 3.02. The van der Waals surface area contributed by atoms with Gasteiger partial charge in [-0.05, 0) is 19.3 Å². The Morgan fingerprint density at radius 2 is 2.00 bits per heavy atom. The van der Waals surface area contributed by atoms with Crippen LogP contribution in [0.25, 0.3) is 0 Å². The molecule has 3 heterocycles. The maximum absolute atomic E-state index is 12.8. The number of nitrogens with zero attached hydrogens (tertiary/aromatic N) is 5. The highest BCUT2D eigenvalue weighted by Gasteiger charge is 2.46. The molecule has 0 aromatic carbocycles. The molecule has 8 nitrogen and oxygen atoms in total. The lowest BCUT2D eigenvalue weighted by Crippen LogP contribution is -2.50. The van der Waals surface area contributed by atoms with Gasteiger partial charge in [0.25, 0.3) is 10.0 Å². The molecule has 9 heteroatoms. The van der Waals surface area contributed by atoms with Gasteiger partial charge in [-0.25, -0.2) is 18.2 Å². The van der Waals surface area contributed by atoms with Gasteiger partial charge < -0.3 is 14.4 Å². The van der Waals surface area contributed by atoms with Crippen molar-refractivity contribution in [2.24, 2.45) is 12.5 Å². The summed E-state index contributed by atoms with van der Waals surface area (Å²) in [5, 5.41) is 0.0964. The van der Waals surface area contributed by atoms with E-state index in [0.29, 0.717) is 19.6 Å². The van der Waals surface area contributed by atoms with E-state index in [4.69, 9.17) is 0 Å². The summed E-state index contributed by atoms with van der Waals surface area (Å²) in [6, 6.07) is 0.000100. The number of carbonyl (C=O) groups excluding carboxylic acids is 1. The van der Waals surface area contributed by atoms with Crippen LogP contribution in [0.4, 0.5) is 4.79 Å². The van der Waals surface area contributed by atoms with Crippen LogP contribution in [0.3, 0.4) is 0 Å². The Morgan fingerprint density at radius 1 is 1.25 bits per heavy atom. The van der Waals surface area contributed by atoms with Crippen molar-refractivity contribution in [3.8, 4) is 0 Å². The van der Waals surface area contributed by atoms with E-state index in [2.05, 4.69) is 4.98 Å². The first-order valence-electron chi connectivity index (χ1n) is 8.18. The summed E-state index contributed by atoms with van der Waals surface area (Å²) in [5.41, 5.74) is -0.133. The quantitative estimate of drug-likeness (QED) is 0.777. The Morgan fingerprint density at radius 3 is 2.62 bits per heavy atom. The topological polar surface area (TPSA) is 78.8 Å². The number of aryl methyl sites for hydroxylation is 1. The number of hydrogen-bond acceptors (Lipinski definition) is 4. The Labute approximate surface area is 143 Å². The normalized spacial score (nSPS) is 25.4. The molecule has 0 N–H and O–H groups in total. The number of likely N-dealkylation sites (tertiary alicyclic amines) is 1. The van der Waals surface area contributed by atoms with Crippen LogP contribution in [-0.4, -0.2) is 78.4 Å². The van der Waals surface area contributed by atoms with Crippen LogP contribution in [0.5, 0.6) is 0 Å². The predicted molar refractivity (Wildman–Crippen MR) is 88.9 cm³/mol. The lowest BCUT2D eigenvalue weighted by molar-refractivity contribution is 0.100. The fourth-order valence-corrected chi connectivity index (χ4v) is 5.26. The van der Waals surface area contributed by atoms with Crippen LogP contribution in [0.2, 0.25) is 0 Å². The molecule has 1 aromatic heterocycles. The zero-order valence-corrected chi connectivity index (χ0v) is 15.3. The minimum Gasteiger partial charge on any atom is -0.339 e. The molecule has 134 valence electrons. The SMILES string of the molecule is CN(C)C(=O)N1CCCC2(CCN(S(=O)(=O)c3cn(C)cn3)C2)C1. The molecule has 2 fully saturated rings. The summed E-state index contributed by atoms with van der Waals surface area (Å²) in [6.45, 7) is 2.32. The average molecular weight is 355 g/mol. The predicted octanol–water partition coefficient (Wildman–Crippen LogP) is 0.578. The molecule has 1 unspecified atom stereocenters. The molecule has 24 heavy (non-hydrogen) atoms. The van der Waals surface area contributed by atoms with Gasteiger partial charge in [0.2, 0.25) is 0 Å². The standard InChI is InChI=1S/C15H25N5O3S/c1-17(2)14(21)19-7-4-5-15(10-19)6-8-20(11-15)24(22,23)13-9-18(3)12-16-13/h9,12H,4-8,10-11H2,1-3H3. The summed E-state index contributed by atoms with van der Waals surface area (Å²) in [4.78, 5) is 19.7. The summed E-state index contributed by atoms with van der Waals surface area (Å²) in [5.74, 6) is 0. The molecule has 2 aliphatic heterocycles. The van der Waals surface area contributed by atoms with Gasteiger partial charge in [0, 0.05) is 58.9 Å². The van der Waals surface area contributed by atoms with Crippen LogP contribution in [0.1, 0.15) is 19.3 Å². The third-order valence-corrected chi connectivity index (χ3v) is 6.73. The van der Waals surface area contributed by atoms with Crippen molar-refractivity contribution >= 4 is 16.1 Å². The van der Waals surface area contributed by atoms with Gasteiger partial charge >= 0.3 is 6.03 Å². The number of rotatable bonds is 2. The molecule has 0 aliphatic carbocycles. The lowest BCUT2D eigenvalue weighted by atomic mass is 9.79. The Bertz CT molecular complexity index is 729. The zero-order valence-electron chi connectivity index (χ0n) is 14.5. The maximum Gasteiger partial charge on any atom is 0.319 e. The number of imidazole rings is 1. The number of urea groups is 1. The largest absolute Gasteiger partial charge is 0.339 e. The van der Waals surface area contributed by atoms with Gasteiger partial charge in [0.1, 0.15) is 0 Å². The Hall–Kier alpha value is -1.61. The molecule has 0 radical (unpaired) electrons. The monoisotopic (exact) mass is 355 g/mol. The molecular weight excluding hydrogens is 330 g/mol. The summed E-state index contributed by atoms with van der Waals surface area (Å²) in [7, 11) is 1.69. The number of carbonyl (C=O) groups is 1. The molecule has 1 spiro atoms. The van der Waals surface area contributed by atoms with E-state index in [9.17, 15) is 13.2 Å². The highest BCUT2D eigenvalue weighted by atomic mass is 32.2. The van der Waals surface area contributed by atoms with E-state index in [1.54, 1.807) is 30.6 Å². The van der Waals surface area contributed by atoms with Crippen molar-refractivity contribution in [2.75, 3.05) is 40.3 Å². The van der Waals surface area contributed by atoms with Gasteiger partial charge in [-0.15, -0.1) is 0 Å². The molecular formula is C15H25N5O3S. The molecule has 3 rings (SSSR count). The van der Waals surface area contributed by atoms with Gasteiger partial charge in [-0.3, -0.25) is 0 Å². The molecule has 1 aromatic rings. The van der Waals surface area contributed by atoms with Crippen molar-refractivity contribution in [1.82, 2.24) is 23.7 Å². The van der Waals surface area contributed by atoms with Crippen molar-refractivity contribution < 1.29 is 13.2 Å². The van der Waals surface area contributed by atoms with Crippen LogP contribution in [0, 0.1) is 5.41 Å². The third-order valence-electron chi connectivity index (χ3n) is 5.00. The van der Waals surface area contributed by atoms with Gasteiger partial charge in [-0.1, -0.05) is 0 Å². The minimum atomic E-state index is -3.56.